The van der Waals surface area contributed by atoms with E-state index in [1.54, 1.807) is 17.8 Å². The maximum atomic E-state index is 12.5. The van der Waals surface area contributed by atoms with Gasteiger partial charge in [-0.2, -0.15) is 0 Å². The van der Waals surface area contributed by atoms with E-state index in [2.05, 4.69) is 10.3 Å². The van der Waals surface area contributed by atoms with E-state index in [9.17, 15) is 4.79 Å². The number of rotatable bonds is 5. The summed E-state index contributed by atoms with van der Waals surface area (Å²) in [5.41, 5.74) is 2.28. The average molecular weight is 409 g/mol. The van der Waals surface area contributed by atoms with Gasteiger partial charge in [0.15, 0.2) is 0 Å². The molecular formula is C20H22Cl2N2OS. The summed E-state index contributed by atoms with van der Waals surface area (Å²) in [6.07, 6.45) is 5.77. The molecule has 138 valence electrons. The lowest BCUT2D eigenvalue weighted by molar-refractivity contribution is 0.0922. The molecule has 0 spiro atoms. The van der Waals surface area contributed by atoms with Crippen LogP contribution in [0.4, 0.5) is 0 Å². The van der Waals surface area contributed by atoms with Crippen LogP contribution in [0, 0.1) is 6.92 Å². The Morgan fingerprint density at radius 3 is 2.73 bits per heavy atom. The molecule has 1 saturated carbocycles. The van der Waals surface area contributed by atoms with Gasteiger partial charge in [-0.1, -0.05) is 48.5 Å². The van der Waals surface area contributed by atoms with Crippen molar-refractivity contribution in [2.45, 2.75) is 55.7 Å². The standard InChI is InChI=1S/C20H22Cl2N2OS/c1-13-10-17(22)19(11-16(13)21)26-12-15-8-5-9-18(23-15)20(25)24-14-6-3-2-4-7-14/h5,8-11,14H,2-4,6-7,12H2,1H3,(H,24,25). The van der Waals surface area contributed by atoms with Gasteiger partial charge in [0.05, 0.1) is 10.7 Å². The van der Waals surface area contributed by atoms with Gasteiger partial charge in [0, 0.05) is 21.7 Å². The molecule has 26 heavy (non-hydrogen) atoms. The molecule has 1 amide bonds. The quantitative estimate of drug-likeness (QED) is 0.611. The van der Waals surface area contributed by atoms with Gasteiger partial charge < -0.3 is 5.32 Å². The summed E-state index contributed by atoms with van der Waals surface area (Å²) in [6.45, 7) is 1.93. The van der Waals surface area contributed by atoms with E-state index < -0.39 is 0 Å². The number of aromatic nitrogens is 1. The van der Waals surface area contributed by atoms with Crippen LogP contribution >= 0.6 is 35.0 Å². The monoisotopic (exact) mass is 408 g/mol. The third kappa shape index (κ3) is 5.15. The molecule has 1 heterocycles. The fourth-order valence-corrected chi connectivity index (χ4v) is 4.56. The number of benzene rings is 1. The molecule has 0 saturated heterocycles. The third-order valence-electron chi connectivity index (χ3n) is 4.57. The fourth-order valence-electron chi connectivity index (χ4n) is 3.08. The van der Waals surface area contributed by atoms with Crippen LogP contribution in [0.2, 0.25) is 10.0 Å². The topological polar surface area (TPSA) is 42.0 Å². The van der Waals surface area contributed by atoms with E-state index in [-0.39, 0.29) is 11.9 Å². The minimum absolute atomic E-state index is 0.0832. The highest BCUT2D eigenvalue weighted by Gasteiger charge is 2.17. The summed E-state index contributed by atoms with van der Waals surface area (Å²) >= 11 is 14.0. The van der Waals surface area contributed by atoms with Gasteiger partial charge in [-0.3, -0.25) is 4.79 Å². The molecule has 2 aromatic rings. The van der Waals surface area contributed by atoms with Crippen LogP contribution in [0.15, 0.2) is 35.2 Å². The number of nitrogens with one attached hydrogen (secondary N) is 1. The van der Waals surface area contributed by atoms with Crippen molar-refractivity contribution < 1.29 is 4.79 Å². The minimum Gasteiger partial charge on any atom is -0.348 e. The molecule has 1 aromatic heterocycles. The maximum Gasteiger partial charge on any atom is 0.270 e. The second-order valence-corrected chi connectivity index (χ2v) is 8.47. The molecule has 6 heteroatoms. The first-order valence-electron chi connectivity index (χ1n) is 8.88. The molecule has 0 bridgehead atoms. The predicted octanol–water partition coefficient (Wildman–Crippen LogP) is 6.05. The number of amides is 1. The van der Waals surface area contributed by atoms with Crippen LogP contribution in [0.5, 0.6) is 0 Å². The Bertz CT molecular complexity index is 791. The highest BCUT2D eigenvalue weighted by Crippen LogP contribution is 2.33. The first-order chi connectivity index (χ1) is 12.5. The van der Waals surface area contributed by atoms with Crippen molar-refractivity contribution in [2.24, 2.45) is 0 Å². The highest BCUT2D eigenvalue weighted by atomic mass is 35.5. The SMILES string of the molecule is Cc1cc(Cl)c(SCc2cccc(C(=O)NC3CCCCC3)n2)cc1Cl. The molecule has 1 aromatic carbocycles. The van der Waals surface area contributed by atoms with E-state index in [0.717, 1.165) is 29.0 Å². The van der Waals surface area contributed by atoms with Crippen LogP contribution in [0.25, 0.3) is 0 Å². The van der Waals surface area contributed by atoms with Gasteiger partial charge >= 0.3 is 0 Å². The number of hydrogen-bond acceptors (Lipinski definition) is 3. The normalized spacial score (nSPS) is 15.0. The van der Waals surface area contributed by atoms with Crippen molar-refractivity contribution in [2.75, 3.05) is 0 Å². The third-order valence-corrected chi connectivity index (χ3v) is 6.49. The Labute approximate surface area is 168 Å². The number of thioether (sulfide) groups is 1. The first-order valence-corrected chi connectivity index (χ1v) is 10.6. The molecule has 0 aliphatic heterocycles. The van der Waals surface area contributed by atoms with Crippen LogP contribution in [0.1, 0.15) is 53.8 Å². The summed E-state index contributed by atoms with van der Waals surface area (Å²) < 4.78 is 0. The average Bonchev–Trinajstić information content (AvgIpc) is 2.64. The Hall–Kier alpha value is -1.23. The Morgan fingerprint density at radius 1 is 1.19 bits per heavy atom. The number of carbonyl (C=O) groups excluding carboxylic acids is 1. The minimum atomic E-state index is -0.0832. The largest absolute Gasteiger partial charge is 0.348 e. The van der Waals surface area contributed by atoms with Crippen molar-refractivity contribution >= 4 is 40.9 Å². The van der Waals surface area contributed by atoms with Crippen molar-refractivity contribution in [3.63, 3.8) is 0 Å². The number of carbonyl (C=O) groups is 1. The van der Waals surface area contributed by atoms with E-state index >= 15 is 0 Å². The number of pyridine rings is 1. The van der Waals surface area contributed by atoms with E-state index in [1.165, 1.54) is 19.3 Å². The summed E-state index contributed by atoms with van der Waals surface area (Å²) in [6, 6.07) is 9.60. The van der Waals surface area contributed by atoms with E-state index in [4.69, 9.17) is 23.2 Å². The lowest BCUT2D eigenvalue weighted by Gasteiger charge is -2.22. The van der Waals surface area contributed by atoms with Gasteiger partial charge in [0.2, 0.25) is 0 Å². The Kier molecular flexibility index (Phi) is 6.85. The maximum absolute atomic E-state index is 12.5. The molecule has 0 atom stereocenters. The van der Waals surface area contributed by atoms with Gasteiger partial charge in [-0.15, -0.1) is 11.8 Å². The number of aryl methyl sites for hydroxylation is 1. The molecule has 1 N–H and O–H groups in total. The van der Waals surface area contributed by atoms with Crippen LogP contribution in [-0.2, 0) is 5.75 Å². The Balaban J connectivity index is 1.63. The summed E-state index contributed by atoms with van der Waals surface area (Å²) in [4.78, 5) is 17.9. The van der Waals surface area contributed by atoms with E-state index in [0.29, 0.717) is 21.5 Å². The molecule has 3 rings (SSSR count). The second kappa shape index (κ2) is 9.12. The summed E-state index contributed by atoms with van der Waals surface area (Å²) in [5, 5.41) is 4.50. The molecule has 1 aliphatic carbocycles. The van der Waals surface area contributed by atoms with Crippen LogP contribution < -0.4 is 5.32 Å². The predicted molar refractivity (Wildman–Crippen MR) is 109 cm³/mol. The molecule has 1 aliphatic rings. The molecular weight excluding hydrogens is 387 g/mol. The fraction of sp³-hybridized carbons (Fsp3) is 0.400. The van der Waals surface area contributed by atoms with Crippen molar-refractivity contribution in [1.29, 1.82) is 0 Å². The zero-order chi connectivity index (χ0) is 18.5. The van der Waals surface area contributed by atoms with Crippen molar-refractivity contribution in [1.82, 2.24) is 10.3 Å². The zero-order valence-corrected chi connectivity index (χ0v) is 17.1. The number of halogens is 2. The van der Waals surface area contributed by atoms with Gasteiger partial charge in [-0.05, 0) is 49.6 Å². The van der Waals surface area contributed by atoms with Crippen LogP contribution in [-0.4, -0.2) is 16.9 Å². The van der Waals surface area contributed by atoms with Gasteiger partial charge in [0.25, 0.3) is 5.91 Å². The van der Waals surface area contributed by atoms with Gasteiger partial charge in [-0.25, -0.2) is 4.98 Å². The molecule has 0 radical (unpaired) electrons. The second-order valence-electron chi connectivity index (χ2n) is 6.64. The number of nitrogens with zero attached hydrogens (tertiary/aromatic N) is 1. The lowest BCUT2D eigenvalue weighted by Crippen LogP contribution is -2.36. The highest BCUT2D eigenvalue weighted by molar-refractivity contribution is 7.98. The van der Waals surface area contributed by atoms with E-state index in [1.807, 2.05) is 31.2 Å². The molecule has 3 nitrogen and oxygen atoms in total. The zero-order valence-electron chi connectivity index (χ0n) is 14.7. The number of hydrogen-bond donors (Lipinski definition) is 1. The Morgan fingerprint density at radius 2 is 1.96 bits per heavy atom. The smallest absolute Gasteiger partial charge is 0.270 e. The van der Waals surface area contributed by atoms with Gasteiger partial charge in [0.1, 0.15) is 5.69 Å². The molecule has 0 unspecified atom stereocenters. The first kappa shape index (κ1) is 19.5. The van der Waals surface area contributed by atoms with Crippen molar-refractivity contribution in [3.8, 4) is 0 Å². The molecule has 1 fully saturated rings. The van der Waals surface area contributed by atoms with Crippen molar-refractivity contribution in [3.05, 3.63) is 57.3 Å². The summed E-state index contributed by atoms with van der Waals surface area (Å²) in [5.74, 6) is 0.545. The summed E-state index contributed by atoms with van der Waals surface area (Å²) in [7, 11) is 0. The lowest BCUT2D eigenvalue weighted by atomic mass is 9.95. The van der Waals surface area contributed by atoms with Crippen LogP contribution in [0.3, 0.4) is 0 Å².